The van der Waals surface area contributed by atoms with Crippen LogP contribution in [0.5, 0.6) is 0 Å². The van der Waals surface area contributed by atoms with Gasteiger partial charge in [0.25, 0.3) is 0 Å². The number of ether oxygens (including phenoxy) is 1. The minimum Gasteiger partial charge on any atom is -0.399 e. The van der Waals surface area contributed by atoms with Gasteiger partial charge in [0.2, 0.25) is 6.23 Å². The molecule has 3 atom stereocenters. The molecule has 6 N–H and O–H groups in total. The quantitative estimate of drug-likeness (QED) is 0.495. The third-order valence-corrected chi connectivity index (χ3v) is 2.52. The van der Waals surface area contributed by atoms with E-state index in [4.69, 9.17) is 21.3 Å². The van der Waals surface area contributed by atoms with Crippen molar-refractivity contribution in [3.05, 3.63) is 24.6 Å². The zero-order valence-corrected chi connectivity index (χ0v) is 9.87. The molecule has 0 radical (unpaired) electrons. The smallest absolute Gasteiger partial charge is 0.321 e. The lowest BCUT2D eigenvalue weighted by Crippen LogP contribution is -2.51. The molecule has 7 nitrogen and oxygen atoms in total. The van der Waals surface area contributed by atoms with Gasteiger partial charge in [0.15, 0.2) is 6.10 Å². The van der Waals surface area contributed by atoms with Gasteiger partial charge in [-0.3, -0.25) is 4.90 Å². The van der Waals surface area contributed by atoms with E-state index in [9.17, 15) is 18.7 Å². The predicted octanol–water partition coefficient (Wildman–Crippen LogP) is -0.933. The van der Waals surface area contributed by atoms with Crippen molar-refractivity contribution in [2.75, 3.05) is 6.61 Å². The zero-order valence-electron chi connectivity index (χ0n) is 9.87. The Morgan fingerprint density at radius 2 is 2.11 bits per heavy atom. The molecule has 1 aliphatic heterocycles. The van der Waals surface area contributed by atoms with Crippen molar-refractivity contribution >= 4 is 6.03 Å². The number of alkyl halides is 2. The number of aliphatic hydroxyl groups excluding tert-OH is 2. The number of hydrogen-bond donors (Lipinski definition) is 4. The third-order valence-electron chi connectivity index (χ3n) is 2.52. The molecule has 0 aromatic carbocycles. The van der Waals surface area contributed by atoms with Gasteiger partial charge in [-0.2, -0.15) is 8.78 Å². The molecule has 0 saturated carbocycles. The maximum absolute atomic E-state index is 13.8. The molecule has 108 valence electrons. The number of carbonyl (C=O) groups excluding carboxylic acids is 1. The number of hydrogen-bond acceptors (Lipinski definition) is 5. The molecule has 1 saturated heterocycles. The van der Waals surface area contributed by atoms with E-state index in [0.29, 0.717) is 4.90 Å². The Morgan fingerprint density at radius 3 is 2.47 bits per heavy atom. The maximum Gasteiger partial charge on any atom is 0.321 e. The molecule has 1 rings (SSSR count). The molecule has 9 heteroatoms. The van der Waals surface area contributed by atoms with Crippen molar-refractivity contribution in [3.8, 4) is 0 Å². The average molecular weight is 279 g/mol. The predicted molar refractivity (Wildman–Crippen MR) is 60.6 cm³/mol. The van der Waals surface area contributed by atoms with Crippen LogP contribution in [0.15, 0.2) is 24.6 Å². The molecular weight excluding hydrogens is 264 g/mol. The number of urea groups is 1. The maximum atomic E-state index is 13.8. The molecule has 0 bridgehead atoms. The SMILES string of the molecule is C=C(N)/C=C\N(C(N)=O)C1OC(CO)C(O)C1(F)F. The van der Waals surface area contributed by atoms with E-state index in [2.05, 4.69) is 6.58 Å². The minimum absolute atomic E-state index is 0.00631. The number of nitrogens with two attached hydrogens (primary N) is 2. The summed E-state index contributed by atoms with van der Waals surface area (Å²) in [5.41, 5.74) is 10.2. The highest BCUT2D eigenvalue weighted by atomic mass is 19.3. The second-order valence-corrected chi connectivity index (χ2v) is 3.96. The van der Waals surface area contributed by atoms with Gasteiger partial charge in [0.1, 0.15) is 6.10 Å². The van der Waals surface area contributed by atoms with Crippen molar-refractivity contribution in [2.45, 2.75) is 24.4 Å². The van der Waals surface area contributed by atoms with Crippen LogP contribution in [0.2, 0.25) is 0 Å². The molecule has 2 amide bonds. The van der Waals surface area contributed by atoms with Crippen LogP contribution in [0.3, 0.4) is 0 Å². The largest absolute Gasteiger partial charge is 0.399 e. The fourth-order valence-electron chi connectivity index (χ4n) is 1.56. The second-order valence-electron chi connectivity index (χ2n) is 3.96. The molecular formula is C10H15F2N3O4. The highest BCUT2D eigenvalue weighted by Gasteiger charge is 2.60. The van der Waals surface area contributed by atoms with Gasteiger partial charge in [0.05, 0.1) is 6.61 Å². The summed E-state index contributed by atoms with van der Waals surface area (Å²) in [5.74, 6) is -3.79. The molecule has 0 aliphatic carbocycles. The highest BCUT2D eigenvalue weighted by Crippen LogP contribution is 2.38. The number of allylic oxidation sites excluding steroid dienone is 1. The van der Waals surface area contributed by atoms with Crippen molar-refractivity contribution in [2.24, 2.45) is 11.5 Å². The van der Waals surface area contributed by atoms with Crippen molar-refractivity contribution in [1.29, 1.82) is 0 Å². The molecule has 0 aromatic rings. The number of primary amides is 1. The Balaban J connectivity index is 3.03. The Kier molecular flexibility index (Phi) is 4.45. The fraction of sp³-hybridized carbons (Fsp3) is 0.500. The Bertz CT molecular complexity index is 402. The molecule has 1 fully saturated rings. The molecule has 3 unspecified atom stereocenters. The van der Waals surface area contributed by atoms with Crippen LogP contribution in [-0.2, 0) is 4.74 Å². The first-order chi connectivity index (χ1) is 8.71. The van der Waals surface area contributed by atoms with Gasteiger partial charge in [-0.15, -0.1) is 0 Å². The van der Waals surface area contributed by atoms with Gasteiger partial charge in [0, 0.05) is 11.9 Å². The summed E-state index contributed by atoms with van der Waals surface area (Å²) in [7, 11) is 0. The van der Waals surface area contributed by atoms with Crippen LogP contribution in [0, 0.1) is 0 Å². The van der Waals surface area contributed by atoms with Gasteiger partial charge in [-0.05, 0) is 6.08 Å². The van der Waals surface area contributed by atoms with E-state index >= 15 is 0 Å². The fourth-order valence-corrected chi connectivity index (χ4v) is 1.56. The standard InChI is InChI=1S/C10H15F2N3O4/c1-5(13)2-3-15(9(14)18)8-10(11,12)7(17)6(4-16)19-8/h2-3,6-8,16-17H,1,4,13H2,(H2,14,18)/b3-2-. The van der Waals surface area contributed by atoms with Crippen LogP contribution in [0.1, 0.15) is 0 Å². The normalized spacial score (nSPS) is 29.6. The molecule has 0 spiro atoms. The average Bonchev–Trinajstić information content (AvgIpc) is 2.52. The molecule has 0 aromatic heterocycles. The van der Waals surface area contributed by atoms with Crippen molar-refractivity contribution in [3.63, 3.8) is 0 Å². The number of amides is 2. The first kappa shape index (κ1) is 15.3. The van der Waals surface area contributed by atoms with E-state index in [1.807, 2.05) is 0 Å². The summed E-state index contributed by atoms with van der Waals surface area (Å²) < 4.78 is 32.2. The highest BCUT2D eigenvalue weighted by molar-refractivity contribution is 5.73. The van der Waals surface area contributed by atoms with Crippen LogP contribution < -0.4 is 11.5 Å². The lowest BCUT2D eigenvalue weighted by molar-refractivity contribution is -0.144. The number of rotatable bonds is 4. The number of carbonyl (C=O) groups is 1. The minimum atomic E-state index is -3.79. The summed E-state index contributed by atoms with van der Waals surface area (Å²) in [4.78, 5) is 11.5. The van der Waals surface area contributed by atoms with Crippen molar-refractivity contribution in [1.82, 2.24) is 4.90 Å². The summed E-state index contributed by atoms with van der Waals surface area (Å²) >= 11 is 0. The van der Waals surface area contributed by atoms with Crippen LogP contribution in [0.4, 0.5) is 13.6 Å². The van der Waals surface area contributed by atoms with E-state index in [1.54, 1.807) is 0 Å². The first-order valence-electron chi connectivity index (χ1n) is 5.24. The summed E-state index contributed by atoms with van der Waals surface area (Å²) in [6, 6.07) is -1.23. The van der Waals surface area contributed by atoms with Crippen LogP contribution in [-0.4, -0.2) is 52.1 Å². The number of nitrogens with zero attached hydrogens (tertiary/aromatic N) is 1. The molecule has 1 heterocycles. The van der Waals surface area contributed by atoms with E-state index in [-0.39, 0.29) is 5.70 Å². The van der Waals surface area contributed by atoms with E-state index in [0.717, 1.165) is 12.3 Å². The lowest BCUT2D eigenvalue weighted by atomic mass is 10.1. The molecule has 1 aliphatic rings. The number of aliphatic hydroxyl groups is 2. The van der Waals surface area contributed by atoms with Crippen LogP contribution >= 0.6 is 0 Å². The molecule has 19 heavy (non-hydrogen) atoms. The monoisotopic (exact) mass is 279 g/mol. The third kappa shape index (κ3) is 3.00. The van der Waals surface area contributed by atoms with Gasteiger partial charge in [-0.25, -0.2) is 4.79 Å². The number of halogens is 2. The van der Waals surface area contributed by atoms with E-state index in [1.165, 1.54) is 0 Å². The van der Waals surface area contributed by atoms with Crippen molar-refractivity contribution < 1.29 is 28.5 Å². The summed E-state index contributed by atoms with van der Waals surface area (Å²) in [6.45, 7) is 2.46. The van der Waals surface area contributed by atoms with Crippen LogP contribution in [0.25, 0.3) is 0 Å². The Labute approximate surface area is 107 Å². The van der Waals surface area contributed by atoms with Gasteiger partial charge >= 0.3 is 12.0 Å². The van der Waals surface area contributed by atoms with Gasteiger partial charge < -0.3 is 26.4 Å². The zero-order chi connectivity index (χ0) is 14.8. The Hall–Kier alpha value is -1.71. The lowest BCUT2D eigenvalue weighted by Gasteiger charge is -2.27. The topological polar surface area (TPSA) is 122 Å². The van der Waals surface area contributed by atoms with Gasteiger partial charge in [-0.1, -0.05) is 6.58 Å². The summed E-state index contributed by atoms with van der Waals surface area (Å²) in [5, 5.41) is 18.1. The van der Waals surface area contributed by atoms with E-state index < -0.39 is 37.0 Å². The second kappa shape index (κ2) is 5.51. The Morgan fingerprint density at radius 1 is 1.53 bits per heavy atom. The first-order valence-corrected chi connectivity index (χ1v) is 5.24. The summed E-state index contributed by atoms with van der Waals surface area (Å²) in [6.07, 6.45) is -3.96.